The summed E-state index contributed by atoms with van der Waals surface area (Å²) in [7, 11) is 1.36. The van der Waals surface area contributed by atoms with Gasteiger partial charge in [-0.2, -0.15) is 18.3 Å². The summed E-state index contributed by atoms with van der Waals surface area (Å²) in [4.78, 5) is 14.1. The van der Waals surface area contributed by atoms with Crippen molar-refractivity contribution in [3.8, 4) is 0 Å². The molecule has 0 N–H and O–H groups in total. The van der Waals surface area contributed by atoms with Gasteiger partial charge in [0.2, 0.25) is 0 Å². The molecular formula is C13H18F3N3O. The first-order valence-electron chi connectivity index (χ1n) is 6.65. The van der Waals surface area contributed by atoms with Gasteiger partial charge in [-0.3, -0.25) is 9.48 Å². The zero-order chi connectivity index (χ0) is 15.1. The Morgan fingerprint density at radius 2 is 1.85 bits per heavy atom. The summed E-state index contributed by atoms with van der Waals surface area (Å²) in [5.41, 5.74) is -1.04. The van der Waals surface area contributed by atoms with Crippen LogP contribution in [0.25, 0.3) is 0 Å². The predicted molar refractivity (Wildman–Crippen MR) is 67.2 cm³/mol. The van der Waals surface area contributed by atoms with Gasteiger partial charge < -0.3 is 4.90 Å². The van der Waals surface area contributed by atoms with Crippen LogP contribution in [0.1, 0.15) is 49.3 Å². The molecule has 1 aromatic rings. The standard InChI is InChI=1S/C13H18F3N3O/c1-8-5-4-6-9(2)19(8)12(20)10-7-11(13(14,15)16)17-18(10)3/h7-9H,4-6H2,1-3H3/t8-,9+. The summed E-state index contributed by atoms with van der Waals surface area (Å²) in [5, 5.41) is 3.39. The highest BCUT2D eigenvalue weighted by molar-refractivity contribution is 5.93. The molecule has 1 fully saturated rings. The maximum absolute atomic E-state index is 12.6. The molecule has 0 aromatic carbocycles. The van der Waals surface area contributed by atoms with Crippen LogP contribution in [0.2, 0.25) is 0 Å². The van der Waals surface area contributed by atoms with Gasteiger partial charge in [0.15, 0.2) is 5.69 Å². The highest BCUT2D eigenvalue weighted by Crippen LogP contribution is 2.30. The van der Waals surface area contributed by atoms with Crippen LogP contribution in [0.15, 0.2) is 6.07 Å². The molecule has 0 spiro atoms. The van der Waals surface area contributed by atoms with Crippen molar-refractivity contribution in [1.29, 1.82) is 0 Å². The number of piperidine rings is 1. The van der Waals surface area contributed by atoms with Crippen molar-refractivity contribution in [2.75, 3.05) is 0 Å². The Labute approximate surface area is 115 Å². The van der Waals surface area contributed by atoms with E-state index < -0.39 is 11.9 Å². The lowest BCUT2D eigenvalue weighted by Gasteiger charge is -2.38. The van der Waals surface area contributed by atoms with Gasteiger partial charge >= 0.3 is 6.18 Å². The minimum atomic E-state index is -4.53. The smallest absolute Gasteiger partial charge is 0.332 e. The molecule has 4 nitrogen and oxygen atoms in total. The van der Waals surface area contributed by atoms with Crippen LogP contribution < -0.4 is 0 Å². The number of rotatable bonds is 1. The fourth-order valence-electron chi connectivity index (χ4n) is 2.76. The van der Waals surface area contributed by atoms with E-state index in [-0.39, 0.29) is 23.7 Å². The van der Waals surface area contributed by atoms with Crippen LogP contribution in [0.5, 0.6) is 0 Å². The minimum absolute atomic E-state index is 0.0158. The Hall–Kier alpha value is -1.53. The van der Waals surface area contributed by atoms with Crippen molar-refractivity contribution in [2.45, 2.75) is 51.4 Å². The lowest BCUT2D eigenvalue weighted by Crippen LogP contribution is -2.48. The maximum atomic E-state index is 12.6. The van der Waals surface area contributed by atoms with Crippen molar-refractivity contribution in [3.05, 3.63) is 17.5 Å². The van der Waals surface area contributed by atoms with Gasteiger partial charge in [-0.1, -0.05) is 0 Å². The summed E-state index contributed by atoms with van der Waals surface area (Å²) >= 11 is 0. The molecule has 112 valence electrons. The predicted octanol–water partition coefficient (Wildman–Crippen LogP) is 2.84. The molecule has 0 radical (unpaired) electrons. The van der Waals surface area contributed by atoms with E-state index in [0.29, 0.717) is 0 Å². The first kappa shape index (κ1) is 14.9. The number of alkyl halides is 3. The minimum Gasteiger partial charge on any atom is -0.332 e. The molecular weight excluding hydrogens is 271 g/mol. The van der Waals surface area contributed by atoms with E-state index in [1.54, 1.807) is 4.90 Å². The number of carbonyl (C=O) groups excluding carboxylic acids is 1. The number of carbonyl (C=O) groups is 1. The van der Waals surface area contributed by atoms with E-state index in [2.05, 4.69) is 5.10 Å². The second-order valence-electron chi connectivity index (χ2n) is 5.38. The lowest BCUT2D eigenvalue weighted by atomic mass is 9.97. The maximum Gasteiger partial charge on any atom is 0.435 e. The molecule has 1 aliphatic rings. The Bertz CT molecular complexity index is 499. The first-order valence-corrected chi connectivity index (χ1v) is 6.65. The average Bonchev–Trinajstić information content (AvgIpc) is 2.70. The van der Waals surface area contributed by atoms with Crippen LogP contribution in [0.3, 0.4) is 0 Å². The van der Waals surface area contributed by atoms with Crippen LogP contribution >= 0.6 is 0 Å². The molecule has 20 heavy (non-hydrogen) atoms. The number of aryl methyl sites for hydroxylation is 1. The molecule has 1 aliphatic heterocycles. The summed E-state index contributed by atoms with van der Waals surface area (Å²) in [6.07, 6.45) is -1.75. The van der Waals surface area contributed by atoms with Gasteiger partial charge in [0.25, 0.3) is 5.91 Å². The molecule has 1 aromatic heterocycles. The van der Waals surface area contributed by atoms with E-state index in [0.717, 1.165) is 30.0 Å². The Kier molecular flexibility index (Phi) is 3.80. The number of amides is 1. The van der Waals surface area contributed by atoms with E-state index in [1.165, 1.54) is 7.05 Å². The second kappa shape index (κ2) is 5.10. The molecule has 0 unspecified atom stereocenters. The number of nitrogens with zero attached hydrogens (tertiary/aromatic N) is 3. The van der Waals surface area contributed by atoms with Gasteiger partial charge in [0.05, 0.1) is 0 Å². The monoisotopic (exact) mass is 289 g/mol. The number of hydrogen-bond donors (Lipinski definition) is 0. The molecule has 1 saturated heterocycles. The summed E-state index contributed by atoms with van der Waals surface area (Å²) < 4.78 is 38.9. The fraction of sp³-hybridized carbons (Fsp3) is 0.692. The highest BCUT2D eigenvalue weighted by atomic mass is 19.4. The molecule has 2 heterocycles. The zero-order valence-electron chi connectivity index (χ0n) is 11.7. The SMILES string of the molecule is C[C@@H]1CCC[C@H](C)N1C(=O)c1cc(C(F)(F)F)nn1C. The molecule has 2 rings (SSSR count). The van der Waals surface area contributed by atoms with Crippen LogP contribution in [-0.2, 0) is 13.2 Å². The van der Waals surface area contributed by atoms with E-state index in [9.17, 15) is 18.0 Å². The van der Waals surface area contributed by atoms with Crippen molar-refractivity contribution in [3.63, 3.8) is 0 Å². The van der Waals surface area contributed by atoms with Crippen molar-refractivity contribution < 1.29 is 18.0 Å². The second-order valence-corrected chi connectivity index (χ2v) is 5.38. The molecule has 1 amide bonds. The molecule has 0 bridgehead atoms. The third-order valence-corrected chi connectivity index (χ3v) is 3.82. The third kappa shape index (κ3) is 2.66. The Morgan fingerprint density at radius 3 is 2.30 bits per heavy atom. The summed E-state index contributed by atoms with van der Waals surface area (Å²) in [6, 6.07) is 0.905. The molecule has 7 heteroatoms. The van der Waals surface area contributed by atoms with Crippen LogP contribution in [-0.4, -0.2) is 32.7 Å². The summed E-state index contributed by atoms with van der Waals surface area (Å²) in [5.74, 6) is -0.379. The van der Waals surface area contributed by atoms with E-state index in [1.807, 2.05) is 13.8 Å². The van der Waals surface area contributed by atoms with Crippen molar-refractivity contribution in [1.82, 2.24) is 14.7 Å². The topological polar surface area (TPSA) is 38.1 Å². The van der Waals surface area contributed by atoms with Crippen molar-refractivity contribution in [2.24, 2.45) is 7.05 Å². The van der Waals surface area contributed by atoms with Crippen molar-refractivity contribution >= 4 is 5.91 Å². The average molecular weight is 289 g/mol. The van der Waals surface area contributed by atoms with Crippen LogP contribution in [0.4, 0.5) is 13.2 Å². The van der Waals surface area contributed by atoms with E-state index in [4.69, 9.17) is 0 Å². The number of aromatic nitrogens is 2. The number of hydrogen-bond acceptors (Lipinski definition) is 2. The molecule has 0 aliphatic carbocycles. The van der Waals surface area contributed by atoms with Gasteiger partial charge in [0, 0.05) is 25.2 Å². The van der Waals surface area contributed by atoms with Gasteiger partial charge in [-0.05, 0) is 33.1 Å². The first-order chi connectivity index (χ1) is 9.21. The summed E-state index contributed by atoms with van der Waals surface area (Å²) in [6.45, 7) is 3.85. The normalized spacial score (nSPS) is 24.0. The molecule has 2 atom stereocenters. The molecule has 0 saturated carbocycles. The van der Waals surface area contributed by atoms with Gasteiger partial charge in [-0.25, -0.2) is 0 Å². The third-order valence-electron chi connectivity index (χ3n) is 3.82. The van der Waals surface area contributed by atoms with Gasteiger partial charge in [0.1, 0.15) is 5.69 Å². The number of halogens is 3. The Balaban J connectivity index is 2.31. The lowest BCUT2D eigenvalue weighted by molar-refractivity contribution is -0.141. The zero-order valence-corrected chi connectivity index (χ0v) is 11.7. The largest absolute Gasteiger partial charge is 0.435 e. The highest BCUT2D eigenvalue weighted by Gasteiger charge is 2.37. The Morgan fingerprint density at radius 1 is 1.30 bits per heavy atom. The number of likely N-dealkylation sites (tertiary alicyclic amines) is 1. The quantitative estimate of drug-likeness (QED) is 0.797. The van der Waals surface area contributed by atoms with E-state index >= 15 is 0 Å². The fourth-order valence-corrected chi connectivity index (χ4v) is 2.76. The van der Waals surface area contributed by atoms with Gasteiger partial charge in [-0.15, -0.1) is 0 Å². The van der Waals surface area contributed by atoms with Crippen LogP contribution in [0, 0.1) is 0 Å².